The van der Waals surface area contributed by atoms with Crippen molar-refractivity contribution < 1.29 is 19.1 Å². The molecule has 0 aromatic carbocycles. The molecule has 0 saturated carbocycles. The van der Waals surface area contributed by atoms with Gasteiger partial charge in [-0.15, -0.1) is 0 Å². The molecule has 20 heavy (non-hydrogen) atoms. The van der Waals surface area contributed by atoms with E-state index in [1.165, 1.54) is 6.20 Å². The van der Waals surface area contributed by atoms with E-state index in [4.69, 9.17) is 9.47 Å². The molecular formula is C13H18N2O4S. The Bertz CT molecular complexity index is 501. The average Bonchev–Trinajstić information content (AvgIpc) is 2.95. The number of aromatic nitrogens is 1. The highest BCUT2D eigenvalue weighted by Gasteiger charge is 2.26. The lowest BCUT2D eigenvalue weighted by Gasteiger charge is -2.18. The highest BCUT2D eigenvalue weighted by molar-refractivity contribution is 7.17. The maximum atomic E-state index is 12.1. The van der Waals surface area contributed by atoms with Crippen LogP contribution in [0.15, 0.2) is 6.20 Å². The van der Waals surface area contributed by atoms with Crippen molar-refractivity contribution in [1.82, 2.24) is 4.98 Å². The zero-order valence-corrected chi connectivity index (χ0v) is 12.6. The van der Waals surface area contributed by atoms with Crippen LogP contribution in [0.2, 0.25) is 0 Å². The van der Waals surface area contributed by atoms with E-state index < -0.39 is 11.7 Å². The first-order chi connectivity index (χ1) is 9.35. The van der Waals surface area contributed by atoms with Crippen molar-refractivity contribution in [1.29, 1.82) is 0 Å². The molecule has 1 amide bonds. The molecule has 0 aliphatic carbocycles. The molecule has 0 spiro atoms. The number of rotatable bonds is 3. The number of amides is 1. The highest BCUT2D eigenvalue weighted by atomic mass is 32.1. The lowest BCUT2D eigenvalue weighted by Crippen LogP contribution is -2.27. The monoisotopic (exact) mass is 298 g/mol. The molecule has 7 heteroatoms. The van der Waals surface area contributed by atoms with Gasteiger partial charge in [-0.1, -0.05) is 11.3 Å². The molecule has 2 heterocycles. The zero-order chi connectivity index (χ0) is 14.8. The number of nitrogens with zero attached hydrogens (tertiary/aromatic N) is 1. The van der Waals surface area contributed by atoms with E-state index in [9.17, 15) is 9.59 Å². The second-order valence-electron chi connectivity index (χ2n) is 5.52. The first-order valence-corrected chi connectivity index (χ1v) is 7.28. The van der Waals surface area contributed by atoms with E-state index in [-0.39, 0.29) is 11.9 Å². The summed E-state index contributed by atoms with van der Waals surface area (Å²) in [5, 5.41) is 2.87. The van der Waals surface area contributed by atoms with E-state index >= 15 is 0 Å². The minimum atomic E-state index is -0.581. The molecule has 0 bridgehead atoms. The quantitative estimate of drug-likeness (QED) is 0.868. The van der Waals surface area contributed by atoms with Gasteiger partial charge in [-0.05, 0) is 33.6 Å². The topological polar surface area (TPSA) is 77.5 Å². The second kappa shape index (κ2) is 5.88. The molecule has 1 N–H and O–H groups in total. The van der Waals surface area contributed by atoms with E-state index in [0.29, 0.717) is 16.6 Å². The summed E-state index contributed by atoms with van der Waals surface area (Å²) in [6.07, 6.45) is 2.15. The van der Waals surface area contributed by atoms with E-state index in [0.717, 1.165) is 24.2 Å². The predicted molar refractivity (Wildman–Crippen MR) is 75.3 cm³/mol. The average molecular weight is 298 g/mol. The fourth-order valence-corrected chi connectivity index (χ4v) is 2.57. The van der Waals surface area contributed by atoms with Crippen LogP contribution in [0.3, 0.4) is 0 Å². The van der Waals surface area contributed by atoms with Gasteiger partial charge in [-0.25, -0.2) is 9.78 Å². The summed E-state index contributed by atoms with van der Waals surface area (Å²) in [6, 6.07) is 0. The molecule has 0 radical (unpaired) electrons. The Hall–Kier alpha value is -1.47. The molecule has 1 aliphatic rings. The molecular weight excluding hydrogens is 280 g/mol. The number of ketones is 1. The van der Waals surface area contributed by atoms with Crippen LogP contribution in [-0.2, 0) is 9.47 Å². The van der Waals surface area contributed by atoms with Gasteiger partial charge in [0, 0.05) is 6.61 Å². The van der Waals surface area contributed by atoms with E-state index in [2.05, 4.69) is 10.3 Å². The smallest absolute Gasteiger partial charge is 0.413 e. The minimum Gasteiger partial charge on any atom is -0.444 e. The molecule has 1 aromatic heterocycles. The van der Waals surface area contributed by atoms with Gasteiger partial charge in [-0.3, -0.25) is 10.1 Å². The lowest BCUT2D eigenvalue weighted by molar-refractivity contribution is 0.0633. The third-order valence-electron chi connectivity index (χ3n) is 2.58. The number of thiazole rings is 1. The number of hydrogen-bond acceptors (Lipinski definition) is 6. The summed E-state index contributed by atoms with van der Waals surface area (Å²) in [6.45, 7) is 5.96. The van der Waals surface area contributed by atoms with Crippen LogP contribution in [0, 0.1) is 0 Å². The Morgan fingerprint density at radius 2 is 2.25 bits per heavy atom. The molecule has 6 nitrogen and oxygen atoms in total. The van der Waals surface area contributed by atoms with Gasteiger partial charge in [-0.2, -0.15) is 0 Å². The number of anilines is 1. The molecule has 1 aromatic rings. The summed E-state index contributed by atoms with van der Waals surface area (Å²) < 4.78 is 10.5. The van der Waals surface area contributed by atoms with E-state index in [1.54, 1.807) is 20.8 Å². The maximum absolute atomic E-state index is 12.1. The molecule has 1 aliphatic heterocycles. The van der Waals surface area contributed by atoms with Gasteiger partial charge in [0.1, 0.15) is 11.7 Å². The van der Waals surface area contributed by atoms with E-state index in [1.807, 2.05) is 0 Å². The Morgan fingerprint density at radius 1 is 1.50 bits per heavy atom. The van der Waals surface area contributed by atoms with Gasteiger partial charge in [0.2, 0.25) is 5.78 Å². The minimum absolute atomic E-state index is 0.0720. The number of ether oxygens (including phenoxy) is 2. The fourth-order valence-electron chi connectivity index (χ4n) is 1.78. The third-order valence-corrected chi connectivity index (χ3v) is 3.51. The van der Waals surface area contributed by atoms with Crippen LogP contribution in [0.1, 0.15) is 43.3 Å². The van der Waals surface area contributed by atoms with Gasteiger partial charge >= 0.3 is 6.09 Å². The van der Waals surface area contributed by atoms with Crippen LogP contribution in [-0.4, -0.2) is 35.2 Å². The fraction of sp³-hybridized carbons (Fsp3) is 0.615. The zero-order valence-electron chi connectivity index (χ0n) is 11.8. The molecule has 1 atom stereocenters. The third kappa shape index (κ3) is 4.01. The SMILES string of the molecule is CC(C)(C)OC(=O)Nc1ncc(C(=O)C2CCCO2)s1. The standard InChI is InChI=1S/C13H18N2O4S/c1-13(2,3)19-12(17)15-11-14-7-9(20-11)10(16)8-5-4-6-18-8/h7-8H,4-6H2,1-3H3,(H,14,15,17). The normalized spacial score (nSPS) is 18.9. The lowest BCUT2D eigenvalue weighted by atomic mass is 10.1. The van der Waals surface area contributed by atoms with Gasteiger partial charge in [0.05, 0.1) is 11.1 Å². The number of hydrogen-bond donors (Lipinski definition) is 1. The number of nitrogens with one attached hydrogen (secondary N) is 1. The van der Waals surface area contributed by atoms with Crippen LogP contribution < -0.4 is 5.32 Å². The molecule has 1 fully saturated rings. The van der Waals surface area contributed by atoms with Crippen LogP contribution in [0.5, 0.6) is 0 Å². The molecule has 1 unspecified atom stereocenters. The summed E-state index contributed by atoms with van der Waals surface area (Å²) in [7, 11) is 0. The summed E-state index contributed by atoms with van der Waals surface area (Å²) >= 11 is 1.13. The van der Waals surface area contributed by atoms with Crippen LogP contribution >= 0.6 is 11.3 Å². The molecule has 2 rings (SSSR count). The maximum Gasteiger partial charge on any atom is 0.413 e. The first kappa shape index (κ1) is 14.9. The Labute approximate surface area is 121 Å². The van der Waals surface area contributed by atoms with Crippen molar-refractivity contribution in [3.05, 3.63) is 11.1 Å². The number of carbonyl (C=O) groups excluding carboxylic acids is 2. The van der Waals surface area contributed by atoms with Crippen molar-refractivity contribution in [3.63, 3.8) is 0 Å². The van der Waals surface area contributed by atoms with Crippen molar-refractivity contribution in [3.8, 4) is 0 Å². The van der Waals surface area contributed by atoms with Crippen molar-refractivity contribution in [2.75, 3.05) is 11.9 Å². The molecule has 110 valence electrons. The Morgan fingerprint density at radius 3 is 2.85 bits per heavy atom. The molecule has 1 saturated heterocycles. The van der Waals surface area contributed by atoms with Crippen LogP contribution in [0.4, 0.5) is 9.93 Å². The Balaban J connectivity index is 1.95. The summed E-state index contributed by atoms with van der Waals surface area (Å²) in [5.41, 5.74) is -0.572. The van der Waals surface area contributed by atoms with Crippen LogP contribution in [0.25, 0.3) is 0 Å². The predicted octanol–water partition coefficient (Wildman–Crippen LogP) is 2.85. The number of Topliss-reactive ketones (excluding diaryl/α,β-unsaturated/α-hetero) is 1. The van der Waals surface area contributed by atoms with Crippen molar-refractivity contribution >= 4 is 28.3 Å². The van der Waals surface area contributed by atoms with Gasteiger partial charge < -0.3 is 9.47 Å². The highest BCUT2D eigenvalue weighted by Crippen LogP contribution is 2.24. The van der Waals surface area contributed by atoms with Crippen molar-refractivity contribution in [2.45, 2.75) is 45.3 Å². The number of carbonyl (C=O) groups is 2. The van der Waals surface area contributed by atoms with Gasteiger partial charge in [0.25, 0.3) is 0 Å². The summed E-state index contributed by atoms with van der Waals surface area (Å²) in [4.78, 5) is 28.2. The second-order valence-corrected chi connectivity index (χ2v) is 6.55. The first-order valence-electron chi connectivity index (χ1n) is 6.47. The largest absolute Gasteiger partial charge is 0.444 e. The van der Waals surface area contributed by atoms with Gasteiger partial charge in [0.15, 0.2) is 5.13 Å². The Kier molecular flexibility index (Phi) is 4.39. The summed E-state index contributed by atoms with van der Waals surface area (Å²) in [5.74, 6) is -0.0720. The van der Waals surface area contributed by atoms with Crippen molar-refractivity contribution in [2.24, 2.45) is 0 Å².